The van der Waals surface area contributed by atoms with Crippen molar-refractivity contribution >= 4 is 23.4 Å². The van der Waals surface area contributed by atoms with Crippen LogP contribution >= 0.6 is 0 Å². The van der Waals surface area contributed by atoms with Gasteiger partial charge in [-0.2, -0.15) is 0 Å². The lowest BCUT2D eigenvalue weighted by atomic mass is 10.1. The summed E-state index contributed by atoms with van der Waals surface area (Å²) >= 11 is 0. The van der Waals surface area contributed by atoms with Crippen LogP contribution in [0.25, 0.3) is 0 Å². The maximum absolute atomic E-state index is 13.0. The first-order valence-corrected chi connectivity index (χ1v) is 6.00. The molecule has 0 aliphatic heterocycles. The van der Waals surface area contributed by atoms with Crippen LogP contribution in [-0.4, -0.2) is 22.1 Å². The third-order valence-electron chi connectivity index (χ3n) is 2.72. The molecule has 1 heterocycles. The number of carbonyl (C=O) groups excluding carboxylic acids is 1. The summed E-state index contributed by atoms with van der Waals surface area (Å²) in [7, 11) is 0. The lowest BCUT2D eigenvalue weighted by Gasteiger charge is -2.11. The number of carboxylic acid groups (broad SMARTS) is 1. The molecule has 7 heteroatoms. The smallest absolute Gasteiger partial charge is 0.337 e. The molecule has 2 aromatic rings. The Morgan fingerprint density at radius 3 is 2.57 bits per heavy atom. The number of aryl methyl sites for hydroxylation is 1. The van der Waals surface area contributed by atoms with Crippen molar-refractivity contribution < 1.29 is 19.1 Å². The van der Waals surface area contributed by atoms with E-state index in [1.807, 2.05) is 0 Å². The van der Waals surface area contributed by atoms with E-state index in [1.165, 1.54) is 6.07 Å². The van der Waals surface area contributed by atoms with Crippen molar-refractivity contribution in [1.29, 1.82) is 0 Å². The first-order valence-electron chi connectivity index (χ1n) is 6.00. The van der Waals surface area contributed by atoms with Crippen molar-refractivity contribution in [2.75, 3.05) is 10.6 Å². The van der Waals surface area contributed by atoms with Crippen molar-refractivity contribution in [3.8, 4) is 0 Å². The second kappa shape index (κ2) is 6.00. The number of carbonyl (C=O) groups is 2. The molecule has 0 spiro atoms. The molecule has 108 valence electrons. The summed E-state index contributed by atoms with van der Waals surface area (Å²) in [4.78, 5) is 26.9. The van der Waals surface area contributed by atoms with Crippen LogP contribution in [0.4, 0.5) is 20.6 Å². The highest BCUT2D eigenvalue weighted by Gasteiger charge is 2.14. The van der Waals surface area contributed by atoms with E-state index < -0.39 is 17.8 Å². The number of anilines is 2. The second-order valence-corrected chi connectivity index (χ2v) is 4.21. The van der Waals surface area contributed by atoms with Gasteiger partial charge in [-0.05, 0) is 37.3 Å². The van der Waals surface area contributed by atoms with Gasteiger partial charge >= 0.3 is 12.0 Å². The van der Waals surface area contributed by atoms with E-state index in [1.54, 1.807) is 25.3 Å². The molecule has 2 amide bonds. The van der Waals surface area contributed by atoms with Crippen molar-refractivity contribution in [3.63, 3.8) is 0 Å². The van der Waals surface area contributed by atoms with Crippen LogP contribution in [0.2, 0.25) is 0 Å². The summed E-state index contributed by atoms with van der Waals surface area (Å²) in [5.74, 6) is -2.02. The van der Waals surface area contributed by atoms with Gasteiger partial charge in [0.2, 0.25) is 0 Å². The molecule has 0 saturated carbocycles. The van der Waals surface area contributed by atoms with Gasteiger partial charge in [0.15, 0.2) is 0 Å². The van der Waals surface area contributed by atoms with Crippen LogP contribution in [-0.2, 0) is 0 Å². The number of benzene rings is 1. The summed E-state index contributed by atoms with van der Waals surface area (Å²) in [6.07, 6.45) is 1.58. The fourth-order valence-electron chi connectivity index (χ4n) is 1.69. The van der Waals surface area contributed by atoms with Gasteiger partial charge in [0.1, 0.15) is 5.82 Å². The summed E-state index contributed by atoms with van der Waals surface area (Å²) < 4.78 is 13.0. The summed E-state index contributed by atoms with van der Waals surface area (Å²) in [6.45, 7) is 1.72. The molecule has 0 unspecified atom stereocenters. The number of rotatable bonds is 3. The number of halogens is 1. The molecule has 0 saturated heterocycles. The van der Waals surface area contributed by atoms with Gasteiger partial charge in [0.05, 0.1) is 22.6 Å². The van der Waals surface area contributed by atoms with Crippen molar-refractivity contribution in [1.82, 2.24) is 4.98 Å². The third kappa shape index (κ3) is 3.53. The van der Waals surface area contributed by atoms with Crippen LogP contribution < -0.4 is 10.6 Å². The Balaban J connectivity index is 2.17. The maximum atomic E-state index is 13.0. The Labute approximate surface area is 119 Å². The van der Waals surface area contributed by atoms with Crippen LogP contribution in [0.5, 0.6) is 0 Å². The zero-order chi connectivity index (χ0) is 15.4. The molecule has 0 atom stereocenters. The minimum Gasteiger partial charge on any atom is -0.478 e. The predicted molar refractivity (Wildman–Crippen MR) is 75.0 cm³/mol. The molecule has 2 rings (SSSR count). The average molecular weight is 289 g/mol. The third-order valence-corrected chi connectivity index (χ3v) is 2.72. The molecule has 0 radical (unpaired) electrons. The Morgan fingerprint density at radius 2 is 1.90 bits per heavy atom. The van der Waals surface area contributed by atoms with Gasteiger partial charge in [-0.25, -0.2) is 14.0 Å². The molecule has 0 aliphatic carbocycles. The minimum absolute atomic E-state index is 0.00273. The monoisotopic (exact) mass is 289 g/mol. The number of carboxylic acids is 1. The first kappa shape index (κ1) is 14.4. The molecule has 1 aromatic heterocycles. The highest BCUT2D eigenvalue weighted by molar-refractivity contribution is 6.04. The fraction of sp³-hybridized carbons (Fsp3) is 0.0714. The SMILES string of the molecule is Cc1ncccc1NC(=O)Nc1ccc(F)cc1C(=O)O. The van der Waals surface area contributed by atoms with E-state index in [4.69, 9.17) is 5.11 Å². The van der Waals surface area contributed by atoms with Crippen molar-refractivity contribution in [3.05, 3.63) is 53.6 Å². The number of urea groups is 1. The largest absolute Gasteiger partial charge is 0.478 e. The lowest BCUT2D eigenvalue weighted by Crippen LogP contribution is -2.21. The van der Waals surface area contributed by atoms with E-state index in [2.05, 4.69) is 15.6 Å². The molecule has 6 nitrogen and oxygen atoms in total. The van der Waals surface area contributed by atoms with Crippen LogP contribution in [0.3, 0.4) is 0 Å². The molecular formula is C14H12FN3O3. The number of aromatic nitrogens is 1. The topological polar surface area (TPSA) is 91.3 Å². The Bertz CT molecular complexity index is 704. The van der Waals surface area contributed by atoms with Gasteiger partial charge < -0.3 is 15.7 Å². The molecule has 3 N–H and O–H groups in total. The molecule has 0 aliphatic rings. The van der Waals surface area contributed by atoms with E-state index in [9.17, 15) is 14.0 Å². The number of nitrogens with zero attached hydrogens (tertiary/aromatic N) is 1. The van der Waals surface area contributed by atoms with Crippen LogP contribution in [0.1, 0.15) is 16.1 Å². The Morgan fingerprint density at radius 1 is 1.19 bits per heavy atom. The van der Waals surface area contributed by atoms with Crippen molar-refractivity contribution in [2.45, 2.75) is 6.92 Å². The molecule has 0 fully saturated rings. The number of hydrogen-bond acceptors (Lipinski definition) is 3. The zero-order valence-electron chi connectivity index (χ0n) is 11.1. The van der Waals surface area contributed by atoms with Crippen LogP contribution in [0.15, 0.2) is 36.5 Å². The number of pyridine rings is 1. The van der Waals surface area contributed by atoms with Gasteiger partial charge in [0, 0.05) is 6.20 Å². The Kier molecular flexibility index (Phi) is 4.13. The number of amides is 2. The van der Waals surface area contributed by atoms with Gasteiger partial charge in [-0.15, -0.1) is 0 Å². The Hall–Kier alpha value is -2.96. The molecule has 21 heavy (non-hydrogen) atoms. The molecule has 1 aromatic carbocycles. The fourth-order valence-corrected chi connectivity index (χ4v) is 1.69. The highest BCUT2D eigenvalue weighted by Crippen LogP contribution is 2.18. The summed E-state index contributed by atoms with van der Waals surface area (Å²) in [6, 6.07) is 5.77. The van der Waals surface area contributed by atoms with E-state index in [0.717, 1.165) is 12.1 Å². The summed E-state index contributed by atoms with van der Waals surface area (Å²) in [5, 5.41) is 13.9. The zero-order valence-corrected chi connectivity index (χ0v) is 11.1. The van der Waals surface area contributed by atoms with Gasteiger partial charge in [-0.1, -0.05) is 0 Å². The normalized spacial score (nSPS) is 10.0. The maximum Gasteiger partial charge on any atom is 0.337 e. The minimum atomic E-state index is -1.33. The van der Waals surface area contributed by atoms with Gasteiger partial charge in [-0.3, -0.25) is 4.98 Å². The van der Waals surface area contributed by atoms with Gasteiger partial charge in [0.25, 0.3) is 0 Å². The quantitative estimate of drug-likeness (QED) is 0.810. The van der Waals surface area contributed by atoms with Crippen LogP contribution in [0, 0.1) is 12.7 Å². The number of aromatic carboxylic acids is 1. The standard InChI is InChI=1S/C14H12FN3O3/c1-8-11(3-2-6-16-8)17-14(21)18-12-5-4-9(15)7-10(12)13(19)20/h2-7H,1H3,(H,19,20)(H2,17,18,21). The van der Waals surface area contributed by atoms with E-state index >= 15 is 0 Å². The predicted octanol–water partition coefficient (Wildman–Crippen LogP) is 2.87. The molecule has 0 bridgehead atoms. The van der Waals surface area contributed by atoms with Crippen molar-refractivity contribution in [2.24, 2.45) is 0 Å². The lowest BCUT2D eigenvalue weighted by molar-refractivity contribution is 0.0697. The number of nitrogens with one attached hydrogen (secondary N) is 2. The van der Waals surface area contributed by atoms with E-state index in [0.29, 0.717) is 11.4 Å². The second-order valence-electron chi connectivity index (χ2n) is 4.21. The average Bonchev–Trinajstić information content (AvgIpc) is 2.43. The summed E-state index contributed by atoms with van der Waals surface area (Å²) in [5.41, 5.74) is 0.787. The first-order chi connectivity index (χ1) is 9.97. The van der Waals surface area contributed by atoms with E-state index in [-0.39, 0.29) is 11.3 Å². The number of hydrogen-bond donors (Lipinski definition) is 3. The highest BCUT2D eigenvalue weighted by atomic mass is 19.1. The molecular weight excluding hydrogens is 277 g/mol.